The van der Waals surface area contributed by atoms with Gasteiger partial charge in [-0.05, 0) is 12.8 Å². The van der Waals surface area contributed by atoms with Crippen LogP contribution in [-0.2, 0) is 17.1 Å². The molecule has 0 aromatic carbocycles. The van der Waals surface area contributed by atoms with E-state index < -0.39 is 10.0 Å². The highest BCUT2D eigenvalue weighted by Crippen LogP contribution is 2.44. The van der Waals surface area contributed by atoms with Crippen LogP contribution in [0.25, 0.3) is 0 Å². The van der Waals surface area contributed by atoms with Crippen LogP contribution < -0.4 is 10.5 Å². The van der Waals surface area contributed by atoms with Crippen LogP contribution in [0, 0.1) is 5.41 Å². The number of aliphatic hydroxyl groups is 1. The predicted molar refractivity (Wildman–Crippen MR) is 61.6 cm³/mol. The van der Waals surface area contributed by atoms with Crippen molar-refractivity contribution in [1.82, 2.24) is 14.5 Å². The van der Waals surface area contributed by atoms with Gasteiger partial charge >= 0.3 is 0 Å². The second-order valence-electron chi connectivity index (χ2n) is 4.53. The van der Waals surface area contributed by atoms with Crippen LogP contribution in [-0.4, -0.2) is 36.5 Å². The highest BCUT2D eigenvalue weighted by molar-refractivity contribution is 7.89. The molecular weight excluding hydrogens is 244 g/mol. The Bertz CT molecular complexity index is 518. The van der Waals surface area contributed by atoms with E-state index in [-0.39, 0.29) is 29.3 Å². The van der Waals surface area contributed by atoms with Gasteiger partial charge in [-0.2, -0.15) is 5.10 Å². The molecule has 7 nitrogen and oxygen atoms in total. The molecule has 1 heterocycles. The summed E-state index contributed by atoms with van der Waals surface area (Å²) in [7, 11) is -2.04. The normalized spacial score (nSPS) is 18.2. The third-order valence-corrected chi connectivity index (χ3v) is 4.46. The first-order valence-electron chi connectivity index (χ1n) is 5.28. The maximum absolute atomic E-state index is 11.9. The van der Waals surface area contributed by atoms with Crippen LogP contribution in [0.4, 0.5) is 5.82 Å². The van der Waals surface area contributed by atoms with Gasteiger partial charge in [0.15, 0.2) is 5.82 Å². The summed E-state index contributed by atoms with van der Waals surface area (Å²) in [6, 6.07) is 0. The fourth-order valence-electron chi connectivity index (χ4n) is 1.58. The number of aromatic nitrogens is 2. The summed E-state index contributed by atoms with van der Waals surface area (Å²) in [6.45, 7) is 0.234. The van der Waals surface area contributed by atoms with Crippen LogP contribution in [0.5, 0.6) is 0 Å². The topological polar surface area (TPSA) is 110 Å². The maximum atomic E-state index is 11.9. The first-order chi connectivity index (χ1) is 7.88. The zero-order valence-electron chi connectivity index (χ0n) is 9.55. The molecule has 1 aliphatic rings. The van der Waals surface area contributed by atoms with Crippen molar-refractivity contribution in [2.24, 2.45) is 12.5 Å². The SMILES string of the molecule is Cn1cc(S(=O)(=O)NCC2(CO)CC2)c(N)n1. The lowest BCUT2D eigenvalue weighted by atomic mass is 10.1. The van der Waals surface area contributed by atoms with Crippen molar-refractivity contribution in [3.63, 3.8) is 0 Å². The van der Waals surface area contributed by atoms with Crippen molar-refractivity contribution in [1.29, 1.82) is 0 Å². The van der Waals surface area contributed by atoms with Gasteiger partial charge in [0.25, 0.3) is 0 Å². The first-order valence-corrected chi connectivity index (χ1v) is 6.77. The van der Waals surface area contributed by atoms with Gasteiger partial charge in [0, 0.05) is 31.8 Å². The van der Waals surface area contributed by atoms with Crippen molar-refractivity contribution < 1.29 is 13.5 Å². The second-order valence-corrected chi connectivity index (χ2v) is 6.27. The van der Waals surface area contributed by atoms with Crippen molar-refractivity contribution >= 4 is 15.8 Å². The zero-order valence-corrected chi connectivity index (χ0v) is 10.4. The van der Waals surface area contributed by atoms with E-state index in [4.69, 9.17) is 10.8 Å². The quantitative estimate of drug-likeness (QED) is 0.632. The molecule has 0 saturated heterocycles. The number of hydrogen-bond donors (Lipinski definition) is 3. The molecule has 1 saturated carbocycles. The monoisotopic (exact) mass is 260 g/mol. The molecule has 0 amide bonds. The molecule has 1 aromatic rings. The number of aliphatic hydroxyl groups excluding tert-OH is 1. The van der Waals surface area contributed by atoms with Gasteiger partial charge in [-0.25, -0.2) is 13.1 Å². The summed E-state index contributed by atoms with van der Waals surface area (Å²) in [6.07, 6.45) is 3.04. The number of nitrogens with one attached hydrogen (secondary N) is 1. The number of sulfonamides is 1. The summed E-state index contributed by atoms with van der Waals surface area (Å²) in [5.41, 5.74) is 5.24. The average molecular weight is 260 g/mol. The lowest BCUT2D eigenvalue weighted by Gasteiger charge is -2.12. The Morgan fingerprint density at radius 1 is 1.65 bits per heavy atom. The van der Waals surface area contributed by atoms with E-state index >= 15 is 0 Å². The Balaban J connectivity index is 2.12. The molecule has 0 unspecified atom stereocenters. The van der Waals surface area contributed by atoms with Crippen molar-refractivity contribution in [2.45, 2.75) is 17.7 Å². The minimum atomic E-state index is -3.64. The Morgan fingerprint density at radius 2 is 2.29 bits per heavy atom. The van der Waals surface area contributed by atoms with Gasteiger partial charge in [0.2, 0.25) is 10.0 Å². The summed E-state index contributed by atoms with van der Waals surface area (Å²) in [4.78, 5) is -0.0197. The second kappa shape index (κ2) is 3.97. The molecule has 2 rings (SSSR count). The zero-order chi connectivity index (χ0) is 12.7. The minimum absolute atomic E-state index is 0.00194. The summed E-state index contributed by atoms with van der Waals surface area (Å²) < 4.78 is 27.7. The highest BCUT2D eigenvalue weighted by Gasteiger charge is 2.42. The molecule has 8 heteroatoms. The van der Waals surface area contributed by atoms with E-state index in [0.29, 0.717) is 0 Å². The minimum Gasteiger partial charge on any atom is -0.396 e. The molecule has 0 radical (unpaired) electrons. The van der Waals surface area contributed by atoms with Crippen LogP contribution in [0.1, 0.15) is 12.8 Å². The van der Waals surface area contributed by atoms with Gasteiger partial charge in [0.1, 0.15) is 4.90 Å². The number of aryl methyl sites for hydroxylation is 1. The van der Waals surface area contributed by atoms with E-state index in [1.165, 1.54) is 10.9 Å². The number of nitrogen functional groups attached to an aromatic ring is 1. The van der Waals surface area contributed by atoms with Gasteiger partial charge in [-0.3, -0.25) is 4.68 Å². The number of nitrogens with two attached hydrogens (primary N) is 1. The summed E-state index contributed by atoms with van der Waals surface area (Å²) in [5, 5.41) is 12.9. The Kier molecular flexibility index (Phi) is 2.88. The predicted octanol–water partition coefficient (Wildman–Crippen LogP) is -0.947. The molecule has 1 fully saturated rings. The number of anilines is 1. The summed E-state index contributed by atoms with van der Waals surface area (Å²) >= 11 is 0. The summed E-state index contributed by atoms with van der Waals surface area (Å²) in [5.74, 6) is -0.0196. The van der Waals surface area contributed by atoms with Crippen molar-refractivity contribution in [3.05, 3.63) is 6.20 Å². The molecule has 0 aliphatic heterocycles. The van der Waals surface area contributed by atoms with Crippen molar-refractivity contribution in [3.8, 4) is 0 Å². The van der Waals surface area contributed by atoms with Gasteiger partial charge in [-0.15, -0.1) is 0 Å². The third-order valence-electron chi connectivity index (χ3n) is 3.04. The van der Waals surface area contributed by atoms with Crippen LogP contribution >= 0.6 is 0 Å². The molecule has 1 aliphatic carbocycles. The number of hydrogen-bond acceptors (Lipinski definition) is 5. The van der Waals surface area contributed by atoms with E-state index in [1.54, 1.807) is 7.05 Å². The van der Waals surface area contributed by atoms with Gasteiger partial charge in [0.05, 0.1) is 0 Å². The largest absolute Gasteiger partial charge is 0.396 e. The van der Waals surface area contributed by atoms with E-state index in [2.05, 4.69) is 9.82 Å². The lowest BCUT2D eigenvalue weighted by molar-refractivity contribution is 0.213. The lowest BCUT2D eigenvalue weighted by Crippen LogP contribution is -2.32. The van der Waals surface area contributed by atoms with Crippen LogP contribution in [0.15, 0.2) is 11.1 Å². The molecule has 1 aromatic heterocycles. The third kappa shape index (κ3) is 2.43. The first kappa shape index (κ1) is 12.3. The van der Waals surface area contributed by atoms with Gasteiger partial charge in [-0.1, -0.05) is 0 Å². The molecule has 4 N–H and O–H groups in total. The molecule has 0 spiro atoms. The van der Waals surface area contributed by atoms with E-state index in [9.17, 15) is 8.42 Å². The molecule has 0 bridgehead atoms. The average Bonchev–Trinajstić information content (AvgIpc) is 2.96. The fourth-order valence-corrected chi connectivity index (χ4v) is 2.84. The molecular formula is C9H16N4O3S. The molecule has 96 valence electrons. The standard InChI is InChI=1S/C9H16N4O3S/c1-13-4-7(8(10)12-13)17(15,16)11-5-9(6-14)2-3-9/h4,11,14H,2-3,5-6H2,1H3,(H2,10,12). The maximum Gasteiger partial charge on any atom is 0.245 e. The molecule has 17 heavy (non-hydrogen) atoms. The Labute approximate surface area is 99.7 Å². The van der Waals surface area contributed by atoms with Crippen molar-refractivity contribution in [2.75, 3.05) is 18.9 Å². The number of nitrogens with zero attached hydrogens (tertiary/aromatic N) is 2. The smallest absolute Gasteiger partial charge is 0.245 e. The Morgan fingerprint density at radius 3 is 2.71 bits per heavy atom. The highest BCUT2D eigenvalue weighted by atomic mass is 32.2. The van der Waals surface area contributed by atoms with Crippen LogP contribution in [0.3, 0.4) is 0 Å². The Hall–Kier alpha value is -1.12. The number of rotatable bonds is 5. The van der Waals surface area contributed by atoms with Crippen LogP contribution in [0.2, 0.25) is 0 Å². The fraction of sp³-hybridized carbons (Fsp3) is 0.667. The van der Waals surface area contributed by atoms with E-state index in [0.717, 1.165) is 12.8 Å². The molecule has 0 atom stereocenters. The van der Waals surface area contributed by atoms with Gasteiger partial charge < -0.3 is 10.8 Å². The van der Waals surface area contributed by atoms with E-state index in [1.807, 2.05) is 0 Å².